The summed E-state index contributed by atoms with van der Waals surface area (Å²) in [4.78, 5) is 4.49. The minimum absolute atomic E-state index is 0.712. The van der Waals surface area contributed by atoms with Gasteiger partial charge in [-0.1, -0.05) is 12.1 Å². The Morgan fingerprint density at radius 2 is 1.95 bits per heavy atom. The van der Waals surface area contributed by atoms with Crippen molar-refractivity contribution in [2.45, 2.75) is 6.42 Å². The van der Waals surface area contributed by atoms with Crippen molar-refractivity contribution in [1.29, 1.82) is 0 Å². The molecule has 0 aliphatic rings. The van der Waals surface area contributed by atoms with Crippen LogP contribution in [0.2, 0.25) is 0 Å². The normalized spacial score (nSPS) is 10.8. The van der Waals surface area contributed by atoms with Gasteiger partial charge in [-0.05, 0) is 45.8 Å². The summed E-state index contributed by atoms with van der Waals surface area (Å²) in [6.07, 6.45) is 2.61. The molecule has 0 amide bonds. The van der Waals surface area contributed by atoms with Crippen LogP contribution in [0.25, 0.3) is 5.65 Å². The molecule has 19 heavy (non-hydrogen) atoms. The lowest BCUT2D eigenvalue weighted by atomic mass is 10.1. The maximum Gasteiger partial charge on any atom is 0.156 e. The molecule has 2 heterocycles. The minimum Gasteiger partial charge on any atom is -0.497 e. The number of methoxy groups -OCH3 is 1. The van der Waals surface area contributed by atoms with Crippen molar-refractivity contribution in [3.8, 4) is 5.75 Å². The van der Waals surface area contributed by atoms with Gasteiger partial charge in [0.25, 0.3) is 0 Å². The molecule has 0 bridgehead atoms. The van der Waals surface area contributed by atoms with Gasteiger partial charge in [0.1, 0.15) is 5.75 Å². The quantitative estimate of drug-likeness (QED) is 0.745. The number of rotatable bonds is 3. The molecule has 3 rings (SSSR count). The zero-order valence-electron chi connectivity index (χ0n) is 10.4. The second-order valence-corrected chi connectivity index (χ2v) is 5.12. The van der Waals surface area contributed by atoms with Gasteiger partial charge in [0.15, 0.2) is 11.5 Å². The van der Waals surface area contributed by atoms with E-state index in [0.717, 1.165) is 27.3 Å². The topological polar surface area (TPSA) is 39.4 Å². The number of pyridine rings is 1. The molecule has 0 atom stereocenters. The molecule has 96 valence electrons. The maximum atomic E-state index is 5.14. The van der Waals surface area contributed by atoms with Crippen LogP contribution in [0.3, 0.4) is 0 Å². The number of ether oxygens (including phenoxy) is 1. The number of halogens is 1. The number of nitrogens with zero attached hydrogens (tertiary/aromatic N) is 3. The molecular formula is C14H12BrN3O. The van der Waals surface area contributed by atoms with Crippen molar-refractivity contribution in [2.24, 2.45) is 0 Å². The molecule has 0 aliphatic carbocycles. The number of aromatic nitrogens is 3. The van der Waals surface area contributed by atoms with E-state index in [4.69, 9.17) is 4.74 Å². The highest BCUT2D eigenvalue weighted by atomic mass is 79.9. The molecule has 0 aliphatic heterocycles. The lowest BCUT2D eigenvalue weighted by Gasteiger charge is -2.00. The van der Waals surface area contributed by atoms with Crippen LogP contribution in [0, 0.1) is 0 Å². The van der Waals surface area contributed by atoms with Gasteiger partial charge in [-0.15, -0.1) is 0 Å². The Morgan fingerprint density at radius 3 is 2.68 bits per heavy atom. The maximum absolute atomic E-state index is 5.14. The SMILES string of the molecule is COc1ccc(Cc2nc3ccc(Br)cn3n2)cc1. The summed E-state index contributed by atoms with van der Waals surface area (Å²) in [7, 11) is 1.66. The molecule has 0 N–H and O–H groups in total. The van der Waals surface area contributed by atoms with Gasteiger partial charge in [-0.3, -0.25) is 0 Å². The average molecular weight is 318 g/mol. The van der Waals surface area contributed by atoms with Crippen LogP contribution >= 0.6 is 15.9 Å². The summed E-state index contributed by atoms with van der Waals surface area (Å²) in [5.41, 5.74) is 2.02. The first-order chi connectivity index (χ1) is 9.24. The molecule has 4 nitrogen and oxygen atoms in total. The van der Waals surface area contributed by atoms with Crippen LogP contribution in [0.5, 0.6) is 5.75 Å². The van der Waals surface area contributed by atoms with E-state index in [1.54, 1.807) is 11.6 Å². The smallest absolute Gasteiger partial charge is 0.156 e. The van der Waals surface area contributed by atoms with Gasteiger partial charge in [-0.2, -0.15) is 5.10 Å². The van der Waals surface area contributed by atoms with Crippen LogP contribution in [0.1, 0.15) is 11.4 Å². The van der Waals surface area contributed by atoms with Crippen LogP contribution in [-0.4, -0.2) is 21.7 Å². The Morgan fingerprint density at radius 1 is 1.16 bits per heavy atom. The van der Waals surface area contributed by atoms with Crippen molar-refractivity contribution in [3.63, 3.8) is 0 Å². The molecule has 0 saturated heterocycles. The lowest BCUT2D eigenvalue weighted by Crippen LogP contribution is -1.92. The first-order valence-corrected chi connectivity index (χ1v) is 6.67. The molecule has 5 heteroatoms. The second-order valence-electron chi connectivity index (χ2n) is 4.20. The fourth-order valence-corrected chi connectivity index (χ4v) is 2.23. The predicted molar refractivity (Wildman–Crippen MR) is 76.5 cm³/mol. The molecule has 0 fully saturated rings. The molecular weight excluding hydrogens is 306 g/mol. The van der Waals surface area contributed by atoms with Crippen molar-refractivity contribution in [1.82, 2.24) is 14.6 Å². The Hall–Kier alpha value is -1.88. The van der Waals surface area contributed by atoms with Gasteiger partial charge in [0.2, 0.25) is 0 Å². The Balaban J connectivity index is 1.87. The van der Waals surface area contributed by atoms with E-state index in [1.807, 2.05) is 42.6 Å². The monoisotopic (exact) mass is 317 g/mol. The molecule has 0 unspecified atom stereocenters. The summed E-state index contributed by atoms with van der Waals surface area (Å²) in [5, 5.41) is 4.46. The van der Waals surface area contributed by atoms with Crippen LogP contribution in [0.15, 0.2) is 47.1 Å². The van der Waals surface area contributed by atoms with E-state index in [2.05, 4.69) is 26.0 Å². The molecule has 0 saturated carbocycles. The number of hydrogen-bond acceptors (Lipinski definition) is 3. The third-order valence-electron chi connectivity index (χ3n) is 2.86. The fourth-order valence-electron chi connectivity index (χ4n) is 1.90. The van der Waals surface area contributed by atoms with Crippen LogP contribution in [0.4, 0.5) is 0 Å². The molecule has 2 aromatic heterocycles. The number of hydrogen-bond donors (Lipinski definition) is 0. The summed E-state index contributed by atoms with van der Waals surface area (Å²) < 4.78 is 7.91. The predicted octanol–water partition coefficient (Wildman–Crippen LogP) is 3.09. The van der Waals surface area contributed by atoms with E-state index in [1.165, 1.54) is 0 Å². The zero-order chi connectivity index (χ0) is 13.2. The standard InChI is InChI=1S/C14H12BrN3O/c1-19-12-5-2-10(3-6-12)8-13-16-14-7-4-11(15)9-18(14)17-13/h2-7,9H,8H2,1H3. The fraction of sp³-hybridized carbons (Fsp3) is 0.143. The highest BCUT2D eigenvalue weighted by Gasteiger charge is 2.05. The van der Waals surface area contributed by atoms with Gasteiger partial charge >= 0.3 is 0 Å². The Kier molecular flexibility index (Phi) is 3.21. The average Bonchev–Trinajstić information content (AvgIpc) is 2.81. The highest BCUT2D eigenvalue weighted by Crippen LogP contribution is 2.15. The van der Waals surface area contributed by atoms with Gasteiger partial charge < -0.3 is 4.74 Å². The summed E-state index contributed by atoms with van der Waals surface area (Å²) in [6.45, 7) is 0. The Labute approximate surface area is 119 Å². The summed E-state index contributed by atoms with van der Waals surface area (Å²) in [5.74, 6) is 1.67. The highest BCUT2D eigenvalue weighted by molar-refractivity contribution is 9.10. The van der Waals surface area contributed by atoms with Crippen molar-refractivity contribution in [3.05, 3.63) is 58.5 Å². The van der Waals surface area contributed by atoms with Gasteiger partial charge in [-0.25, -0.2) is 9.50 Å². The third kappa shape index (κ3) is 2.61. The first kappa shape index (κ1) is 12.2. The second kappa shape index (κ2) is 5.01. The van der Waals surface area contributed by atoms with Crippen molar-refractivity contribution >= 4 is 21.6 Å². The molecule has 0 spiro atoms. The van der Waals surface area contributed by atoms with Crippen molar-refractivity contribution < 1.29 is 4.74 Å². The Bertz CT molecular complexity index is 706. The van der Waals surface area contributed by atoms with E-state index in [-0.39, 0.29) is 0 Å². The number of benzene rings is 1. The molecule has 0 radical (unpaired) electrons. The largest absolute Gasteiger partial charge is 0.497 e. The van der Waals surface area contributed by atoms with Gasteiger partial charge in [0, 0.05) is 17.1 Å². The van der Waals surface area contributed by atoms with E-state index in [0.29, 0.717) is 6.42 Å². The van der Waals surface area contributed by atoms with Crippen LogP contribution < -0.4 is 4.74 Å². The van der Waals surface area contributed by atoms with E-state index < -0.39 is 0 Å². The molecule has 3 aromatic rings. The minimum atomic E-state index is 0.712. The van der Waals surface area contributed by atoms with E-state index >= 15 is 0 Å². The zero-order valence-corrected chi connectivity index (χ0v) is 12.0. The van der Waals surface area contributed by atoms with Crippen molar-refractivity contribution in [2.75, 3.05) is 7.11 Å². The first-order valence-electron chi connectivity index (χ1n) is 5.88. The third-order valence-corrected chi connectivity index (χ3v) is 3.33. The van der Waals surface area contributed by atoms with Crippen LogP contribution in [-0.2, 0) is 6.42 Å². The summed E-state index contributed by atoms with van der Waals surface area (Å²) >= 11 is 3.42. The number of fused-ring (bicyclic) bond motifs is 1. The van der Waals surface area contributed by atoms with Gasteiger partial charge in [0.05, 0.1) is 7.11 Å². The lowest BCUT2D eigenvalue weighted by molar-refractivity contribution is 0.414. The summed E-state index contributed by atoms with van der Waals surface area (Å²) in [6, 6.07) is 11.8. The van der Waals surface area contributed by atoms with E-state index in [9.17, 15) is 0 Å². The molecule has 1 aromatic carbocycles.